The highest BCUT2D eigenvalue weighted by molar-refractivity contribution is 6.33. The van der Waals surface area contributed by atoms with Crippen molar-refractivity contribution in [2.75, 3.05) is 0 Å². The van der Waals surface area contributed by atoms with Gasteiger partial charge in [0, 0.05) is 28.5 Å². The number of imidazole rings is 1. The highest BCUT2D eigenvalue weighted by atomic mass is 35.5. The molecule has 0 unspecified atom stereocenters. The fraction of sp³-hybridized carbons (Fsp3) is 0.0455. The van der Waals surface area contributed by atoms with Gasteiger partial charge in [-0.1, -0.05) is 60.1 Å². The fourth-order valence-corrected chi connectivity index (χ4v) is 3.49. The summed E-state index contributed by atoms with van der Waals surface area (Å²) in [6, 6.07) is 18.0. The molecule has 0 spiro atoms. The summed E-state index contributed by atoms with van der Waals surface area (Å²) >= 11 is 6.38. The third kappa shape index (κ3) is 3.06. The number of aromatic nitrogens is 5. The molecule has 5 nitrogen and oxygen atoms in total. The summed E-state index contributed by atoms with van der Waals surface area (Å²) in [5.41, 5.74) is 5.63. The minimum Gasteiger partial charge on any atom is -0.296 e. The second kappa shape index (κ2) is 6.94. The summed E-state index contributed by atoms with van der Waals surface area (Å²) in [6.45, 7) is 0.721. The van der Waals surface area contributed by atoms with Crippen molar-refractivity contribution in [3.63, 3.8) is 0 Å². The average molecular weight is 386 g/mol. The van der Waals surface area contributed by atoms with Crippen molar-refractivity contribution < 1.29 is 0 Å². The first-order valence-electron chi connectivity index (χ1n) is 8.93. The van der Waals surface area contributed by atoms with Crippen LogP contribution in [0, 0.1) is 0 Å². The first kappa shape index (κ1) is 16.7. The van der Waals surface area contributed by atoms with E-state index in [4.69, 9.17) is 11.6 Å². The van der Waals surface area contributed by atoms with Crippen LogP contribution in [-0.4, -0.2) is 24.1 Å². The van der Waals surface area contributed by atoms with E-state index >= 15 is 0 Å². The van der Waals surface area contributed by atoms with Crippen LogP contribution in [0.5, 0.6) is 0 Å². The van der Waals surface area contributed by atoms with Crippen LogP contribution in [0.15, 0.2) is 85.6 Å². The highest BCUT2D eigenvalue weighted by Gasteiger charge is 2.11. The van der Waals surface area contributed by atoms with E-state index in [1.54, 1.807) is 6.20 Å². The molecule has 0 bridgehead atoms. The zero-order valence-electron chi connectivity index (χ0n) is 14.9. The smallest absolute Gasteiger partial charge is 0.155 e. The minimum atomic E-state index is 0.693. The Morgan fingerprint density at radius 3 is 2.50 bits per heavy atom. The van der Waals surface area contributed by atoms with E-state index < -0.39 is 0 Å². The molecule has 5 aromatic rings. The number of nitrogens with zero attached hydrogens (tertiary/aromatic N) is 5. The van der Waals surface area contributed by atoms with Crippen LogP contribution < -0.4 is 0 Å². The SMILES string of the molecule is Clc1ccccc1-c1cnc2cnc(-c3cnn(Cc4ccccc4)c3)cn12. The van der Waals surface area contributed by atoms with Crippen LogP contribution in [0.25, 0.3) is 28.2 Å². The number of rotatable bonds is 4. The second-order valence-corrected chi connectivity index (χ2v) is 6.94. The topological polar surface area (TPSA) is 48.0 Å². The lowest BCUT2D eigenvalue weighted by molar-refractivity contribution is 0.687. The zero-order valence-corrected chi connectivity index (χ0v) is 15.7. The summed E-state index contributed by atoms with van der Waals surface area (Å²) in [6.07, 6.45) is 9.41. The summed E-state index contributed by atoms with van der Waals surface area (Å²) < 4.78 is 3.93. The first-order valence-corrected chi connectivity index (χ1v) is 9.30. The van der Waals surface area contributed by atoms with E-state index in [0.717, 1.165) is 34.7 Å². The van der Waals surface area contributed by atoms with Gasteiger partial charge in [0.2, 0.25) is 0 Å². The molecule has 2 aromatic carbocycles. The molecule has 0 atom stereocenters. The molecule has 3 aromatic heterocycles. The van der Waals surface area contributed by atoms with Gasteiger partial charge < -0.3 is 0 Å². The number of fused-ring (bicyclic) bond motifs is 1. The molecule has 0 fully saturated rings. The van der Waals surface area contributed by atoms with Gasteiger partial charge in [0.25, 0.3) is 0 Å². The molecule has 0 saturated heterocycles. The molecule has 0 radical (unpaired) electrons. The van der Waals surface area contributed by atoms with E-state index in [1.165, 1.54) is 5.56 Å². The Bertz CT molecular complexity index is 1260. The average Bonchev–Trinajstić information content (AvgIpc) is 3.36. The van der Waals surface area contributed by atoms with Gasteiger partial charge >= 0.3 is 0 Å². The number of hydrogen-bond acceptors (Lipinski definition) is 3. The number of benzene rings is 2. The zero-order chi connectivity index (χ0) is 18.9. The van der Waals surface area contributed by atoms with Crippen molar-refractivity contribution >= 4 is 17.2 Å². The van der Waals surface area contributed by atoms with Crippen molar-refractivity contribution in [3.8, 4) is 22.5 Å². The molecule has 28 heavy (non-hydrogen) atoms. The molecule has 0 aliphatic rings. The Morgan fingerprint density at radius 2 is 1.64 bits per heavy atom. The van der Waals surface area contributed by atoms with Gasteiger partial charge in [0.05, 0.1) is 36.5 Å². The minimum absolute atomic E-state index is 0.693. The highest BCUT2D eigenvalue weighted by Crippen LogP contribution is 2.29. The van der Waals surface area contributed by atoms with E-state index in [2.05, 4.69) is 27.2 Å². The Kier molecular flexibility index (Phi) is 4.14. The lowest BCUT2D eigenvalue weighted by Gasteiger charge is -2.05. The van der Waals surface area contributed by atoms with Gasteiger partial charge in [-0.15, -0.1) is 0 Å². The molecule has 0 amide bonds. The number of hydrogen-bond donors (Lipinski definition) is 0. The van der Waals surface area contributed by atoms with Crippen LogP contribution in [0.2, 0.25) is 5.02 Å². The maximum atomic E-state index is 6.38. The van der Waals surface area contributed by atoms with Gasteiger partial charge in [-0.3, -0.25) is 14.1 Å². The third-order valence-corrected chi connectivity index (χ3v) is 4.99. The van der Waals surface area contributed by atoms with Crippen molar-refractivity contribution in [1.82, 2.24) is 24.1 Å². The van der Waals surface area contributed by atoms with Gasteiger partial charge in [-0.2, -0.15) is 5.10 Å². The molecule has 0 N–H and O–H groups in total. The van der Waals surface area contributed by atoms with Crippen molar-refractivity contribution in [1.29, 1.82) is 0 Å². The second-order valence-electron chi connectivity index (χ2n) is 6.54. The van der Waals surface area contributed by atoms with Gasteiger partial charge in [0.15, 0.2) is 5.65 Å². The monoisotopic (exact) mass is 385 g/mol. The quantitative estimate of drug-likeness (QED) is 0.439. The predicted octanol–water partition coefficient (Wildman–Crippen LogP) is 4.96. The van der Waals surface area contributed by atoms with E-state index in [1.807, 2.05) is 76.3 Å². The summed E-state index contributed by atoms with van der Waals surface area (Å²) in [5, 5.41) is 5.17. The molecule has 3 heterocycles. The van der Waals surface area contributed by atoms with Crippen LogP contribution in [0.3, 0.4) is 0 Å². The Morgan fingerprint density at radius 1 is 0.821 bits per heavy atom. The Balaban J connectivity index is 1.52. The van der Waals surface area contributed by atoms with E-state index in [0.29, 0.717) is 5.02 Å². The standard InChI is InChI=1S/C22H16ClN5/c23-19-9-5-4-8-18(19)21-11-25-22-12-24-20(15-28(21)22)17-10-26-27(14-17)13-16-6-2-1-3-7-16/h1-12,14-15H,13H2. The summed E-state index contributed by atoms with van der Waals surface area (Å²) in [5.74, 6) is 0. The molecule has 5 rings (SSSR count). The molecule has 0 aliphatic carbocycles. The maximum Gasteiger partial charge on any atom is 0.155 e. The van der Waals surface area contributed by atoms with E-state index in [-0.39, 0.29) is 0 Å². The third-order valence-electron chi connectivity index (χ3n) is 4.66. The van der Waals surface area contributed by atoms with Gasteiger partial charge in [-0.25, -0.2) is 4.98 Å². The van der Waals surface area contributed by atoms with Crippen LogP contribution in [0.1, 0.15) is 5.56 Å². The van der Waals surface area contributed by atoms with Gasteiger partial charge in [0.1, 0.15) is 0 Å². The predicted molar refractivity (Wildman–Crippen MR) is 110 cm³/mol. The number of halogens is 1. The van der Waals surface area contributed by atoms with Gasteiger partial charge in [-0.05, 0) is 11.6 Å². The van der Waals surface area contributed by atoms with Crippen molar-refractivity contribution in [3.05, 3.63) is 96.2 Å². The van der Waals surface area contributed by atoms with Crippen molar-refractivity contribution in [2.45, 2.75) is 6.54 Å². The summed E-state index contributed by atoms with van der Waals surface area (Å²) in [7, 11) is 0. The summed E-state index contributed by atoms with van der Waals surface area (Å²) in [4.78, 5) is 9.01. The molecule has 6 heteroatoms. The largest absolute Gasteiger partial charge is 0.296 e. The van der Waals surface area contributed by atoms with E-state index in [9.17, 15) is 0 Å². The van der Waals surface area contributed by atoms with Crippen LogP contribution in [-0.2, 0) is 6.54 Å². The molecule has 136 valence electrons. The molecular weight excluding hydrogens is 370 g/mol. The maximum absolute atomic E-state index is 6.38. The normalized spacial score (nSPS) is 11.2. The molecule has 0 aliphatic heterocycles. The lowest BCUT2D eigenvalue weighted by Crippen LogP contribution is -1.99. The Labute approximate surface area is 166 Å². The Hall–Kier alpha value is -3.44. The van der Waals surface area contributed by atoms with Crippen LogP contribution in [0.4, 0.5) is 0 Å². The first-order chi connectivity index (χ1) is 13.8. The fourth-order valence-electron chi connectivity index (χ4n) is 3.26. The van der Waals surface area contributed by atoms with Crippen LogP contribution >= 0.6 is 11.6 Å². The molecule has 0 saturated carbocycles. The lowest BCUT2D eigenvalue weighted by atomic mass is 10.1. The van der Waals surface area contributed by atoms with Crippen molar-refractivity contribution in [2.24, 2.45) is 0 Å². The molecular formula is C22H16ClN5.